The summed E-state index contributed by atoms with van der Waals surface area (Å²) in [6, 6.07) is 1.67. The highest BCUT2D eigenvalue weighted by atomic mass is 19.1. The van der Waals surface area contributed by atoms with Crippen LogP contribution in [0.15, 0.2) is 30.9 Å². The van der Waals surface area contributed by atoms with Crippen molar-refractivity contribution in [1.82, 2.24) is 5.32 Å². The van der Waals surface area contributed by atoms with E-state index in [0.29, 0.717) is 0 Å². The topological polar surface area (TPSA) is 86.6 Å². The average Bonchev–Trinajstić information content (AvgIpc) is 2.31. The standard InChI is InChI=1S/C12H12FNO4/c1-2-3-9(12(17)18)14-11(16)8-6-7(13)4-5-10(8)15/h2,4-6,9,15H,1,3H2,(H,14,16)(H,17,18). The Bertz CT molecular complexity index is 487. The van der Waals surface area contributed by atoms with Crippen LogP contribution in [0.4, 0.5) is 4.39 Å². The third-order valence-electron chi connectivity index (χ3n) is 2.21. The molecule has 1 atom stereocenters. The number of carbonyl (C=O) groups is 2. The van der Waals surface area contributed by atoms with E-state index in [0.717, 1.165) is 18.2 Å². The normalized spacial score (nSPS) is 11.6. The smallest absolute Gasteiger partial charge is 0.326 e. The molecule has 3 N–H and O–H groups in total. The minimum Gasteiger partial charge on any atom is -0.507 e. The van der Waals surface area contributed by atoms with Crippen molar-refractivity contribution in [2.24, 2.45) is 0 Å². The maximum Gasteiger partial charge on any atom is 0.326 e. The molecule has 6 heteroatoms. The molecule has 1 amide bonds. The number of aliphatic carboxylic acids is 1. The summed E-state index contributed by atoms with van der Waals surface area (Å²) in [7, 11) is 0. The maximum atomic E-state index is 12.9. The summed E-state index contributed by atoms with van der Waals surface area (Å²) >= 11 is 0. The fraction of sp³-hybridized carbons (Fsp3) is 0.167. The van der Waals surface area contributed by atoms with E-state index in [1.165, 1.54) is 6.08 Å². The minimum atomic E-state index is -1.24. The van der Waals surface area contributed by atoms with Crippen LogP contribution in [0.1, 0.15) is 16.8 Å². The first kappa shape index (κ1) is 13.7. The van der Waals surface area contributed by atoms with E-state index in [1.807, 2.05) is 0 Å². The molecule has 0 saturated heterocycles. The highest BCUT2D eigenvalue weighted by Crippen LogP contribution is 2.17. The summed E-state index contributed by atoms with van der Waals surface area (Å²) < 4.78 is 12.9. The summed E-state index contributed by atoms with van der Waals surface area (Å²) in [4.78, 5) is 22.5. The summed E-state index contributed by atoms with van der Waals surface area (Å²) in [5.74, 6) is -3.22. The Balaban J connectivity index is 2.89. The lowest BCUT2D eigenvalue weighted by atomic mass is 10.1. The second kappa shape index (κ2) is 5.81. The van der Waals surface area contributed by atoms with E-state index in [1.54, 1.807) is 0 Å². The van der Waals surface area contributed by atoms with E-state index < -0.39 is 29.5 Å². The van der Waals surface area contributed by atoms with Crippen molar-refractivity contribution in [2.75, 3.05) is 0 Å². The van der Waals surface area contributed by atoms with Crippen molar-refractivity contribution in [1.29, 1.82) is 0 Å². The SMILES string of the molecule is C=CCC(NC(=O)c1cc(F)ccc1O)C(=O)O. The van der Waals surface area contributed by atoms with Crippen LogP contribution in [-0.2, 0) is 4.79 Å². The Hall–Kier alpha value is -2.37. The molecule has 0 aliphatic rings. The number of hydrogen-bond donors (Lipinski definition) is 3. The molecular weight excluding hydrogens is 241 g/mol. The van der Waals surface area contributed by atoms with Gasteiger partial charge in [-0.05, 0) is 24.6 Å². The Labute approximate surface area is 103 Å². The second-order valence-electron chi connectivity index (χ2n) is 3.55. The van der Waals surface area contributed by atoms with Gasteiger partial charge in [-0.3, -0.25) is 4.79 Å². The quantitative estimate of drug-likeness (QED) is 0.690. The first-order chi connectivity index (χ1) is 8.45. The number of carboxylic acids is 1. The van der Waals surface area contributed by atoms with Crippen molar-refractivity contribution < 1.29 is 24.2 Å². The molecule has 0 aliphatic carbocycles. The monoisotopic (exact) mass is 253 g/mol. The molecule has 1 unspecified atom stereocenters. The molecule has 0 spiro atoms. The predicted molar refractivity (Wildman–Crippen MR) is 61.8 cm³/mol. The van der Waals surface area contributed by atoms with Gasteiger partial charge in [-0.25, -0.2) is 9.18 Å². The van der Waals surface area contributed by atoms with Gasteiger partial charge in [0.05, 0.1) is 5.56 Å². The molecule has 1 aromatic carbocycles. The molecule has 18 heavy (non-hydrogen) atoms. The van der Waals surface area contributed by atoms with Crippen LogP contribution < -0.4 is 5.32 Å². The fourth-order valence-electron chi connectivity index (χ4n) is 1.31. The van der Waals surface area contributed by atoms with Gasteiger partial charge >= 0.3 is 5.97 Å². The van der Waals surface area contributed by atoms with Gasteiger partial charge in [-0.1, -0.05) is 6.08 Å². The van der Waals surface area contributed by atoms with Crippen LogP contribution >= 0.6 is 0 Å². The second-order valence-corrected chi connectivity index (χ2v) is 3.55. The van der Waals surface area contributed by atoms with Gasteiger partial charge in [0, 0.05) is 0 Å². The molecule has 1 aromatic rings. The van der Waals surface area contributed by atoms with E-state index in [-0.39, 0.29) is 12.0 Å². The van der Waals surface area contributed by atoms with Crippen molar-refractivity contribution in [3.63, 3.8) is 0 Å². The molecule has 0 aliphatic heterocycles. The number of rotatable bonds is 5. The summed E-state index contributed by atoms with van der Waals surface area (Å²) in [6.45, 7) is 3.37. The molecule has 1 rings (SSSR count). The number of carboxylic acid groups (broad SMARTS) is 1. The molecule has 0 heterocycles. The number of carbonyl (C=O) groups excluding carboxylic acids is 1. The fourth-order valence-corrected chi connectivity index (χ4v) is 1.31. The zero-order valence-electron chi connectivity index (χ0n) is 9.39. The Kier molecular flexibility index (Phi) is 4.42. The molecule has 0 saturated carbocycles. The van der Waals surface area contributed by atoms with Crippen LogP contribution in [0.3, 0.4) is 0 Å². The lowest BCUT2D eigenvalue weighted by Gasteiger charge is -2.13. The molecule has 0 fully saturated rings. The number of benzene rings is 1. The van der Waals surface area contributed by atoms with Gasteiger partial charge in [0.2, 0.25) is 0 Å². The Morgan fingerprint density at radius 2 is 2.17 bits per heavy atom. The maximum absolute atomic E-state index is 12.9. The summed E-state index contributed by atoms with van der Waals surface area (Å²) in [5.41, 5.74) is -0.315. The van der Waals surface area contributed by atoms with Crippen molar-refractivity contribution >= 4 is 11.9 Å². The number of aromatic hydroxyl groups is 1. The number of halogens is 1. The van der Waals surface area contributed by atoms with Crippen LogP contribution in [0.25, 0.3) is 0 Å². The van der Waals surface area contributed by atoms with Crippen molar-refractivity contribution in [3.8, 4) is 5.75 Å². The number of nitrogens with one attached hydrogen (secondary N) is 1. The summed E-state index contributed by atoms with van der Waals surface area (Å²) in [6.07, 6.45) is 1.36. The van der Waals surface area contributed by atoms with Crippen LogP contribution in [0, 0.1) is 5.82 Å². The summed E-state index contributed by atoms with van der Waals surface area (Å²) in [5, 5.41) is 20.4. The van der Waals surface area contributed by atoms with Gasteiger partial charge in [-0.15, -0.1) is 6.58 Å². The first-order valence-electron chi connectivity index (χ1n) is 5.08. The van der Waals surface area contributed by atoms with Gasteiger partial charge in [0.15, 0.2) is 0 Å². The number of amides is 1. The van der Waals surface area contributed by atoms with Crippen LogP contribution in [-0.4, -0.2) is 28.1 Å². The molecule has 5 nitrogen and oxygen atoms in total. The highest BCUT2D eigenvalue weighted by Gasteiger charge is 2.21. The minimum absolute atomic E-state index is 0.0250. The number of phenols is 1. The Morgan fingerprint density at radius 1 is 1.50 bits per heavy atom. The van der Waals surface area contributed by atoms with Gasteiger partial charge < -0.3 is 15.5 Å². The molecular formula is C12H12FNO4. The molecule has 0 bridgehead atoms. The van der Waals surface area contributed by atoms with Crippen LogP contribution in [0.5, 0.6) is 5.75 Å². The van der Waals surface area contributed by atoms with Gasteiger partial charge in [0.25, 0.3) is 5.91 Å². The predicted octanol–water partition coefficient (Wildman–Crippen LogP) is 1.29. The third kappa shape index (κ3) is 3.31. The molecule has 96 valence electrons. The number of phenolic OH excluding ortho intramolecular Hbond substituents is 1. The highest BCUT2D eigenvalue weighted by molar-refractivity contribution is 5.98. The third-order valence-corrected chi connectivity index (χ3v) is 2.21. The zero-order valence-corrected chi connectivity index (χ0v) is 9.39. The van der Waals surface area contributed by atoms with E-state index in [9.17, 15) is 19.1 Å². The van der Waals surface area contributed by atoms with Crippen molar-refractivity contribution in [2.45, 2.75) is 12.5 Å². The van der Waals surface area contributed by atoms with Gasteiger partial charge in [-0.2, -0.15) is 0 Å². The van der Waals surface area contributed by atoms with Crippen molar-refractivity contribution in [3.05, 3.63) is 42.2 Å². The van der Waals surface area contributed by atoms with E-state index in [4.69, 9.17) is 5.11 Å². The first-order valence-corrected chi connectivity index (χ1v) is 5.08. The zero-order chi connectivity index (χ0) is 13.7. The molecule has 0 aromatic heterocycles. The lowest BCUT2D eigenvalue weighted by Crippen LogP contribution is -2.40. The lowest BCUT2D eigenvalue weighted by molar-refractivity contribution is -0.139. The number of hydrogen-bond acceptors (Lipinski definition) is 3. The van der Waals surface area contributed by atoms with E-state index >= 15 is 0 Å². The van der Waals surface area contributed by atoms with E-state index in [2.05, 4.69) is 11.9 Å². The van der Waals surface area contributed by atoms with Crippen LogP contribution in [0.2, 0.25) is 0 Å². The molecule has 0 radical (unpaired) electrons. The average molecular weight is 253 g/mol. The Morgan fingerprint density at radius 3 is 2.72 bits per heavy atom. The largest absolute Gasteiger partial charge is 0.507 e. The van der Waals surface area contributed by atoms with Gasteiger partial charge in [0.1, 0.15) is 17.6 Å².